The predicted octanol–water partition coefficient (Wildman–Crippen LogP) is 6.41. The maximum Gasteiger partial charge on any atom is 0.278 e. The van der Waals surface area contributed by atoms with Crippen molar-refractivity contribution in [2.75, 3.05) is 17.7 Å². The number of para-hydroxylation sites is 3. The van der Waals surface area contributed by atoms with Crippen molar-refractivity contribution in [2.24, 2.45) is 0 Å². The summed E-state index contributed by atoms with van der Waals surface area (Å²) in [6.45, 7) is 4.39. The minimum atomic E-state index is -0.244. The SMILES string of the molecule is CCOc1ccccc1-n1c(=S)sc2c(=O)n(-c3ccccc3)c(SCC(=O)Nc3ccc(C)cc3)nc21. The highest BCUT2D eigenvalue weighted by atomic mass is 32.2. The van der Waals surface area contributed by atoms with Gasteiger partial charge in [0, 0.05) is 5.69 Å². The molecule has 2 aromatic heterocycles. The fourth-order valence-corrected chi connectivity index (χ4v) is 6.03. The molecular weight excluding hydrogens is 537 g/mol. The minimum absolute atomic E-state index is 0.0685. The molecule has 1 N–H and O–H groups in total. The van der Waals surface area contributed by atoms with Crippen molar-refractivity contribution in [2.45, 2.75) is 19.0 Å². The Balaban J connectivity index is 1.60. The van der Waals surface area contributed by atoms with Gasteiger partial charge in [0.15, 0.2) is 14.8 Å². The molecule has 0 aliphatic carbocycles. The molecular formula is C28H24N4O3S3. The van der Waals surface area contributed by atoms with Crippen molar-refractivity contribution in [1.29, 1.82) is 0 Å². The van der Waals surface area contributed by atoms with Gasteiger partial charge < -0.3 is 10.1 Å². The van der Waals surface area contributed by atoms with Crippen molar-refractivity contribution in [1.82, 2.24) is 14.1 Å². The molecule has 38 heavy (non-hydrogen) atoms. The third-order valence-electron chi connectivity index (χ3n) is 5.67. The lowest BCUT2D eigenvalue weighted by Gasteiger charge is -2.14. The second kappa shape index (κ2) is 11.3. The van der Waals surface area contributed by atoms with E-state index in [0.717, 1.165) is 5.56 Å². The number of aromatic nitrogens is 3. The molecule has 0 fully saturated rings. The Kier molecular flexibility index (Phi) is 7.73. The van der Waals surface area contributed by atoms with Crippen LogP contribution in [0.2, 0.25) is 0 Å². The second-order valence-electron chi connectivity index (χ2n) is 8.33. The first-order chi connectivity index (χ1) is 18.5. The standard InChI is InChI=1S/C28H24N4O3S3/c1-3-35-22-12-8-7-11-21(22)32-25-24(38-28(32)36)26(34)31(20-9-5-4-6-10-20)27(30-25)37-17-23(33)29-19-15-13-18(2)14-16-19/h4-16H,3,17H2,1-2H3,(H,29,33). The van der Waals surface area contributed by atoms with E-state index in [1.54, 1.807) is 4.57 Å². The zero-order valence-corrected chi connectivity index (χ0v) is 23.2. The average Bonchev–Trinajstić information content (AvgIpc) is 3.26. The zero-order chi connectivity index (χ0) is 26.6. The van der Waals surface area contributed by atoms with Crippen LogP contribution in [-0.4, -0.2) is 32.4 Å². The van der Waals surface area contributed by atoms with Crippen LogP contribution in [0.4, 0.5) is 5.69 Å². The molecule has 5 rings (SSSR count). The van der Waals surface area contributed by atoms with Gasteiger partial charge in [-0.2, -0.15) is 0 Å². The largest absolute Gasteiger partial charge is 0.492 e. The van der Waals surface area contributed by atoms with Gasteiger partial charge in [-0.05, 0) is 62.5 Å². The maximum atomic E-state index is 13.9. The summed E-state index contributed by atoms with van der Waals surface area (Å²) < 4.78 is 10.0. The summed E-state index contributed by atoms with van der Waals surface area (Å²) in [7, 11) is 0. The molecule has 0 bridgehead atoms. The summed E-state index contributed by atoms with van der Waals surface area (Å²) in [6.07, 6.45) is 0. The van der Waals surface area contributed by atoms with E-state index in [9.17, 15) is 9.59 Å². The first-order valence-corrected chi connectivity index (χ1v) is 14.1. The number of hydrogen-bond donors (Lipinski definition) is 1. The van der Waals surface area contributed by atoms with Gasteiger partial charge in [0.1, 0.15) is 10.4 Å². The highest BCUT2D eigenvalue weighted by Crippen LogP contribution is 2.31. The Labute approximate surface area is 232 Å². The van der Waals surface area contributed by atoms with Crippen LogP contribution in [0.5, 0.6) is 5.75 Å². The molecule has 0 saturated heterocycles. The van der Waals surface area contributed by atoms with Gasteiger partial charge in [0.2, 0.25) is 5.91 Å². The van der Waals surface area contributed by atoms with Gasteiger partial charge in [-0.25, -0.2) is 4.98 Å². The quantitative estimate of drug-likeness (QED) is 0.134. The van der Waals surface area contributed by atoms with E-state index < -0.39 is 0 Å². The van der Waals surface area contributed by atoms with Gasteiger partial charge >= 0.3 is 0 Å². The molecule has 5 aromatic rings. The van der Waals surface area contributed by atoms with Crippen LogP contribution < -0.4 is 15.6 Å². The second-order valence-corrected chi connectivity index (χ2v) is 10.9. The normalized spacial score (nSPS) is 11.0. The number of amides is 1. The monoisotopic (exact) mass is 560 g/mol. The fraction of sp³-hybridized carbons (Fsp3) is 0.143. The molecule has 0 atom stereocenters. The smallest absolute Gasteiger partial charge is 0.278 e. The summed E-state index contributed by atoms with van der Waals surface area (Å²) in [5.41, 5.74) is 3.39. The number of ether oxygens (including phenoxy) is 1. The molecule has 2 heterocycles. The molecule has 192 valence electrons. The summed E-state index contributed by atoms with van der Waals surface area (Å²) in [5.74, 6) is 0.516. The number of nitrogens with zero attached hydrogens (tertiary/aromatic N) is 3. The van der Waals surface area contributed by atoms with Crippen molar-refractivity contribution in [3.05, 3.63) is 98.7 Å². The molecule has 7 nitrogen and oxygen atoms in total. The Morgan fingerprint density at radius 3 is 2.47 bits per heavy atom. The molecule has 0 aliphatic rings. The lowest BCUT2D eigenvalue weighted by atomic mass is 10.2. The van der Waals surface area contributed by atoms with Gasteiger partial charge in [-0.3, -0.25) is 18.7 Å². The molecule has 1 amide bonds. The van der Waals surface area contributed by atoms with E-state index in [0.29, 0.717) is 48.9 Å². The number of carbonyl (C=O) groups excluding carboxylic acids is 1. The van der Waals surface area contributed by atoms with Crippen LogP contribution in [0, 0.1) is 10.9 Å². The molecule has 0 spiro atoms. The number of anilines is 1. The number of nitrogens with one attached hydrogen (secondary N) is 1. The number of thiazole rings is 1. The maximum absolute atomic E-state index is 13.9. The van der Waals surface area contributed by atoms with Crippen molar-refractivity contribution >= 4 is 57.3 Å². The third kappa shape index (κ3) is 5.28. The minimum Gasteiger partial charge on any atom is -0.492 e. The number of rotatable bonds is 8. The molecule has 0 aliphatic heterocycles. The summed E-state index contributed by atoms with van der Waals surface area (Å²) in [6, 6.07) is 24.4. The van der Waals surface area contributed by atoms with E-state index in [1.807, 2.05) is 92.7 Å². The van der Waals surface area contributed by atoms with Gasteiger partial charge in [-0.15, -0.1) is 0 Å². The zero-order valence-electron chi connectivity index (χ0n) is 20.7. The van der Waals surface area contributed by atoms with E-state index >= 15 is 0 Å². The van der Waals surface area contributed by atoms with Gasteiger partial charge in [0.25, 0.3) is 5.56 Å². The molecule has 0 saturated carbocycles. The lowest BCUT2D eigenvalue weighted by Crippen LogP contribution is -2.22. The van der Waals surface area contributed by atoms with Crippen LogP contribution in [0.1, 0.15) is 12.5 Å². The highest BCUT2D eigenvalue weighted by Gasteiger charge is 2.21. The fourth-order valence-electron chi connectivity index (χ4n) is 3.93. The molecule has 0 unspecified atom stereocenters. The number of thioether (sulfide) groups is 1. The van der Waals surface area contributed by atoms with Crippen molar-refractivity contribution in [3.8, 4) is 17.1 Å². The van der Waals surface area contributed by atoms with Crippen LogP contribution >= 0.6 is 35.3 Å². The molecule has 0 radical (unpaired) electrons. The van der Waals surface area contributed by atoms with Crippen LogP contribution in [0.25, 0.3) is 21.7 Å². The van der Waals surface area contributed by atoms with Crippen molar-refractivity contribution in [3.63, 3.8) is 0 Å². The third-order valence-corrected chi connectivity index (χ3v) is 7.95. The number of fused-ring (bicyclic) bond motifs is 1. The molecule has 3 aromatic carbocycles. The van der Waals surface area contributed by atoms with E-state index in [-0.39, 0.29) is 17.2 Å². The van der Waals surface area contributed by atoms with Gasteiger partial charge in [0.05, 0.1) is 23.7 Å². The van der Waals surface area contributed by atoms with Gasteiger partial charge in [-0.1, -0.05) is 71.1 Å². The van der Waals surface area contributed by atoms with Crippen molar-refractivity contribution < 1.29 is 9.53 Å². The Morgan fingerprint density at radius 2 is 1.74 bits per heavy atom. The molecule has 10 heteroatoms. The van der Waals surface area contributed by atoms with Crippen LogP contribution in [0.15, 0.2) is 88.8 Å². The lowest BCUT2D eigenvalue weighted by molar-refractivity contribution is -0.113. The predicted molar refractivity (Wildman–Crippen MR) is 157 cm³/mol. The van der Waals surface area contributed by atoms with E-state index in [1.165, 1.54) is 27.7 Å². The summed E-state index contributed by atoms with van der Waals surface area (Å²) in [4.78, 5) is 31.5. The Morgan fingerprint density at radius 1 is 1.03 bits per heavy atom. The number of benzene rings is 3. The van der Waals surface area contributed by atoms with E-state index in [4.69, 9.17) is 21.9 Å². The summed E-state index contributed by atoms with van der Waals surface area (Å²) in [5, 5.41) is 3.29. The Hall–Kier alpha value is -3.73. The Bertz CT molecular complexity index is 1730. The van der Waals surface area contributed by atoms with Crippen LogP contribution in [-0.2, 0) is 4.79 Å². The number of carbonyl (C=O) groups is 1. The first kappa shape index (κ1) is 25.9. The number of aryl methyl sites for hydroxylation is 1. The number of hydrogen-bond acceptors (Lipinski definition) is 7. The topological polar surface area (TPSA) is 78.1 Å². The van der Waals surface area contributed by atoms with Crippen LogP contribution in [0.3, 0.4) is 0 Å². The first-order valence-electron chi connectivity index (χ1n) is 11.9. The summed E-state index contributed by atoms with van der Waals surface area (Å²) >= 11 is 8.10. The highest BCUT2D eigenvalue weighted by molar-refractivity contribution is 7.99. The average molecular weight is 561 g/mol. The van der Waals surface area contributed by atoms with E-state index in [2.05, 4.69) is 5.32 Å².